The van der Waals surface area contributed by atoms with Gasteiger partial charge in [-0.1, -0.05) is 0 Å². The maximum Gasteiger partial charge on any atom is 0.0897 e. The van der Waals surface area contributed by atoms with Crippen LogP contribution in [0.1, 0.15) is 13.8 Å². The second-order valence-electron chi connectivity index (χ2n) is 4.02. The molecule has 1 heterocycles. The fourth-order valence-electron chi connectivity index (χ4n) is 1.95. The lowest BCUT2D eigenvalue weighted by Crippen LogP contribution is -2.55. The number of hydrogen-bond acceptors (Lipinski definition) is 4. The fraction of sp³-hybridized carbons (Fsp3) is 1.00. The molecule has 0 aromatic rings. The summed E-state index contributed by atoms with van der Waals surface area (Å²) in [6.45, 7) is 6.59. The molecule has 1 unspecified atom stereocenters. The van der Waals surface area contributed by atoms with Gasteiger partial charge in [-0.25, -0.2) is 0 Å². The fourth-order valence-corrected chi connectivity index (χ4v) is 1.95. The minimum Gasteiger partial charge on any atom is -0.394 e. The Bertz CT molecular complexity index is 145. The van der Waals surface area contributed by atoms with Gasteiger partial charge in [0.15, 0.2) is 0 Å². The zero-order valence-electron chi connectivity index (χ0n) is 8.40. The summed E-state index contributed by atoms with van der Waals surface area (Å²) in [7, 11) is 0. The Hall–Kier alpha value is -0.160. The van der Waals surface area contributed by atoms with Gasteiger partial charge in [-0.2, -0.15) is 0 Å². The molecule has 4 heteroatoms. The summed E-state index contributed by atoms with van der Waals surface area (Å²) in [6.07, 6.45) is -0.600. The number of nitrogens with zero attached hydrogens (tertiary/aromatic N) is 1. The summed E-state index contributed by atoms with van der Waals surface area (Å²) in [6, 6.07) is 0.935. The zero-order chi connectivity index (χ0) is 9.84. The third-order valence-corrected chi connectivity index (χ3v) is 2.31. The third kappa shape index (κ3) is 3.60. The van der Waals surface area contributed by atoms with Gasteiger partial charge in [-0.05, 0) is 13.8 Å². The molecule has 0 bridgehead atoms. The highest BCUT2D eigenvalue weighted by atomic mass is 16.3. The number of piperazine rings is 1. The number of nitrogens with one attached hydrogen (secondary N) is 1. The predicted molar refractivity (Wildman–Crippen MR) is 51.6 cm³/mol. The highest BCUT2D eigenvalue weighted by Crippen LogP contribution is 2.04. The van der Waals surface area contributed by atoms with Crippen molar-refractivity contribution in [2.75, 3.05) is 26.2 Å². The van der Waals surface area contributed by atoms with E-state index in [-0.39, 0.29) is 6.61 Å². The van der Waals surface area contributed by atoms with Gasteiger partial charge < -0.3 is 15.5 Å². The van der Waals surface area contributed by atoms with Crippen molar-refractivity contribution in [3.63, 3.8) is 0 Å². The summed E-state index contributed by atoms with van der Waals surface area (Å²) in [4.78, 5) is 2.19. The van der Waals surface area contributed by atoms with E-state index in [1.54, 1.807) is 0 Å². The Morgan fingerprint density at radius 3 is 2.38 bits per heavy atom. The van der Waals surface area contributed by atoms with Crippen molar-refractivity contribution in [3.05, 3.63) is 0 Å². The van der Waals surface area contributed by atoms with E-state index in [4.69, 9.17) is 5.11 Å². The molecule has 0 aromatic heterocycles. The van der Waals surface area contributed by atoms with E-state index in [0.29, 0.717) is 18.6 Å². The van der Waals surface area contributed by atoms with E-state index in [9.17, 15) is 5.11 Å². The van der Waals surface area contributed by atoms with Crippen molar-refractivity contribution in [1.29, 1.82) is 0 Å². The van der Waals surface area contributed by atoms with Gasteiger partial charge in [-0.15, -0.1) is 0 Å². The highest BCUT2D eigenvalue weighted by molar-refractivity contribution is 4.81. The van der Waals surface area contributed by atoms with Gasteiger partial charge in [0, 0.05) is 31.7 Å². The molecule has 1 saturated heterocycles. The van der Waals surface area contributed by atoms with Gasteiger partial charge in [0.1, 0.15) is 0 Å². The van der Waals surface area contributed by atoms with Crippen LogP contribution in [0.4, 0.5) is 0 Å². The zero-order valence-corrected chi connectivity index (χ0v) is 8.40. The average molecular weight is 188 g/mol. The molecular formula is C9H20N2O2. The Labute approximate surface area is 79.6 Å². The topological polar surface area (TPSA) is 55.7 Å². The van der Waals surface area contributed by atoms with E-state index in [0.717, 1.165) is 13.1 Å². The van der Waals surface area contributed by atoms with Crippen molar-refractivity contribution in [1.82, 2.24) is 10.2 Å². The molecule has 0 aromatic carbocycles. The summed E-state index contributed by atoms with van der Waals surface area (Å²) in [5.74, 6) is 0. The largest absolute Gasteiger partial charge is 0.394 e. The van der Waals surface area contributed by atoms with Crippen LogP contribution in [0, 0.1) is 0 Å². The lowest BCUT2D eigenvalue weighted by Gasteiger charge is -2.36. The lowest BCUT2D eigenvalue weighted by molar-refractivity contribution is 0.0448. The van der Waals surface area contributed by atoms with Gasteiger partial charge in [-0.3, -0.25) is 4.90 Å². The van der Waals surface area contributed by atoms with Crippen LogP contribution in [0.25, 0.3) is 0 Å². The van der Waals surface area contributed by atoms with Gasteiger partial charge in [0.05, 0.1) is 12.7 Å². The predicted octanol–water partition coefficient (Wildman–Crippen LogP) is -0.978. The third-order valence-electron chi connectivity index (χ3n) is 2.31. The minimum atomic E-state index is -0.600. The smallest absolute Gasteiger partial charge is 0.0897 e. The highest BCUT2D eigenvalue weighted by Gasteiger charge is 2.22. The first-order valence-electron chi connectivity index (χ1n) is 4.89. The maximum atomic E-state index is 9.27. The summed E-state index contributed by atoms with van der Waals surface area (Å²) < 4.78 is 0. The van der Waals surface area contributed by atoms with Crippen molar-refractivity contribution in [2.24, 2.45) is 0 Å². The first kappa shape index (κ1) is 10.9. The molecule has 1 rings (SSSR count). The van der Waals surface area contributed by atoms with Crippen LogP contribution in [0.2, 0.25) is 0 Å². The molecule has 1 aliphatic heterocycles. The van der Waals surface area contributed by atoms with Crippen molar-refractivity contribution >= 4 is 0 Å². The monoisotopic (exact) mass is 188 g/mol. The second-order valence-corrected chi connectivity index (χ2v) is 4.02. The second kappa shape index (κ2) is 4.91. The number of aliphatic hydroxyl groups is 2. The average Bonchev–Trinajstić information content (AvgIpc) is 2.02. The number of aliphatic hydroxyl groups excluding tert-OH is 2. The van der Waals surface area contributed by atoms with Crippen LogP contribution < -0.4 is 5.32 Å². The minimum absolute atomic E-state index is 0.146. The molecule has 0 spiro atoms. The van der Waals surface area contributed by atoms with Gasteiger partial charge >= 0.3 is 0 Å². The Morgan fingerprint density at radius 2 is 1.92 bits per heavy atom. The van der Waals surface area contributed by atoms with Crippen molar-refractivity contribution in [3.8, 4) is 0 Å². The normalized spacial score (nSPS) is 33.2. The van der Waals surface area contributed by atoms with E-state index in [1.807, 2.05) is 0 Å². The first-order valence-corrected chi connectivity index (χ1v) is 4.89. The van der Waals surface area contributed by atoms with Crippen LogP contribution in [0.3, 0.4) is 0 Å². The summed E-state index contributed by atoms with van der Waals surface area (Å²) >= 11 is 0. The number of β-amino-alcohol motifs (C(OH)–C–C–N with tert-alkyl or cyclic N) is 1. The van der Waals surface area contributed by atoms with E-state index in [2.05, 4.69) is 24.1 Å². The van der Waals surface area contributed by atoms with Crippen LogP contribution in [0.5, 0.6) is 0 Å². The molecular weight excluding hydrogens is 168 g/mol. The molecule has 1 fully saturated rings. The quantitative estimate of drug-likeness (QED) is 0.533. The number of rotatable bonds is 3. The molecule has 1 aliphatic rings. The molecule has 3 atom stereocenters. The van der Waals surface area contributed by atoms with Gasteiger partial charge in [0.25, 0.3) is 0 Å². The van der Waals surface area contributed by atoms with Crippen molar-refractivity contribution in [2.45, 2.75) is 32.0 Å². The van der Waals surface area contributed by atoms with Crippen LogP contribution in [0.15, 0.2) is 0 Å². The van der Waals surface area contributed by atoms with E-state index >= 15 is 0 Å². The molecule has 0 aliphatic carbocycles. The van der Waals surface area contributed by atoms with Crippen LogP contribution in [-0.2, 0) is 0 Å². The molecule has 78 valence electrons. The first-order chi connectivity index (χ1) is 6.11. The Morgan fingerprint density at radius 1 is 1.38 bits per heavy atom. The van der Waals surface area contributed by atoms with E-state index in [1.165, 1.54) is 0 Å². The Kier molecular flexibility index (Phi) is 4.12. The molecule has 4 nitrogen and oxygen atoms in total. The molecule has 0 saturated carbocycles. The van der Waals surface area contributed by atoms with Gasteiger partial charge in [0.2, 0.25) is 0 Å². The standard InChI is InChI=1S/C9H20N2O2/c1-7-3-11(4-8(2)10-7)5-9(13)6-12/h7-10,12-13H,3-6H2,1-2H3/t7-,8+,9?. The number of hydrogen-bond donors (Lipinski definition) is 3. The molecule has 0 radical (unpaired) electrons. The van der Waals surface area contributed by atoms with E-state index < -0.39 is 6.10 Å². The summed E-state index contributed by atoms with van der Waals surface area (Å²) in [5, 5.41) is 21.4. The van der Waals surface area contributed by atoms with Crippen LogP contribution >= 0.6 is 0 Å². The van der Waals surface area contributed by atoms with Crippen LogP contribution in [-0.4, -0.2) is 59.5 Å². The maximum absolute atomic E-state index is 9.27. The summed E-state index contributed by atoms with van der Waals surface area (Å²) in [5.41, 5.74) is 0. The lowest BCUT2D eigenvalue weighted by atomic mass is 10.1. The van der Waals surface area contributed by atoms with Crippen molar-refractivity contribution < 1.29 is 10.2 Å². The SMILES string of the molecule is C[C@@H]1CN(CC(O)CO)C[C@H](C)N1. The molecule has 13 heavy (non-hydrogen) atoms. The molecule has 0 amide bonds. The Balaban J connectivity index is 2.32. The molecule has 3 N–H and O–H groups in total.